The molecule has 0 aromatic heterocycles. The highest BCUT2D eigenvalue weighted by atomic mass is 19.1. The van der Waals surface area contributed by atoms with Crippen LogP contribution < -0.4 is 5.32 Å². The summed E-state index contributed by atoms with van der Waals surface area (Å²) in [6, 6.07) is 5.67. The first kappa shape index (κ1) is 11.7. The van der Waals surface area contributed by atoms with Crippen LogP contribution in [0.25, 0.3) is 0 Å². The van der Waals surface area contributed by atoms with E-state index in [1.807, 2.05) is 0 Å². The van der Waals surface area contributed by atoms with Gasteiger partial charge in [0.05, 0.1) is 6.04 Å². The molecule has 0 aliphatic rings. The van der Waals surface area contributed by atoms with Crippen LogP contribution in [0.15, 0.2) is 24.3 Å². The van der Waals surface area contributed by atoms with E-state index >= 15 is 0 Å². The van der Waals surface area contributed by atoms with E-state index in [0.717, 1.165) is 0 Å². The molecule has 2 N–H and O–H groups in total. The number of aliphatic hydroxyl groups excluding tert-OH is 1. The SMILES string of the molecule is CC(=O)N[C@@H](CCO)c1cccc(F)c1. The maximum Gasteiger partial charge on any atom is 0.217 e. The number of benzene rings is 1. The second kappa shape index (κ2) is 5.46. The monoisotopic (exact) mass is 211 g/mol. The molecule has 0 unspecified atom stereocenters. The van der Waals surface area contributed by atoms with Gasteiger partial charge in [-0.3, -0.25) is 4.79 Å². The first-order chi connectivity index (χ1) is 7.13. The molecule has 1 amide bonds. The fraction of sp³-hybridized carbons (Fsp3) is 0.364. The first-order valence-electron chi connectivity index (χ1n) is 4.77. The standard InChI is InChI=1S/C11H14FNO2/c1-8(15)13-11(5-6-14)9-3-2-4-10(12)7-9/h2-4,7,11,14H,5-6H2,1H3,(H,13,15)/t11-/m0/s1. The van der Waals surface area contributed by atoms with Gasteiger partial charge in [0.2, 0.25) is 5.91 Å². The van der Waals surface area contributed by atoms with Crippen molar-refractivity contribution in [2.24, 2.45) is 0 Å². The van der Waals surface area contributed by atoms with Crippen molar-refractivity contribution in [2.75, 3.05) is 6.61 Å². The summed E-state index contributed by atoms with van der Waals surface area (Å²) in [5.74, 6) is -0.543. The molecule has 0 aliphatic heterocycles. The topological polar surface area (TPSA) is 49.3 Å². The van der Waals surface area contributed by atoms with Crippen LogP contribution in [0.5, 0.6) is 0 Å². The van der Waals surface area contributed by atoms with E-state index < -0.39 is 0 Å². The molecule has 1 atom stereocenters. The van der Waals surface area contributed by atoms with E-state index in [1.165, 1.54) is 19.1 Å². The van der Waals surface area contributed by atoms with Gasteiger partial charge in [0.25, 0.3) is 0 Å². The highest BCUT2D eigenvalue weighted by Crippen LogP contribution is 2.17. The molecule has 82 valence electrons. The van der Waals surface area contributed by atoms with Gasteiger partial charge >= 0.3 is 0 Å². The zero-order valence-corrected chi connectivity index (χ0v) is 8.53. The third kappa shape index (κ3) is 3.67. The summed E-state index contributed by atoms with van der Waals surface area (Å²) in [4.78, 5) is 10.9. The highest BCUT2D eigenvalue weighted by Gasteiger charge is 2.12. The average molecular weight is 211 g/mol. The maximum absolute atomic E-state index is 12.9. The Morgan fingerprint density at radius 2 is 2.33 bits per heavy atom. The number of aliphatic hydroxyl groups is 1. The van der Waals surface area contributed by atoms with Crippen LogP contribution in [0.3, 0.4) is 0 Å². The van der Waals surface area contributed by atoms with Crippen molar-refractivity contribution < 1.29 is 14.3 Å². The predicted octanol–water partition coefficient (Wildman–Crippen LogP) is 1.39. The Hall–Kier alpha value is -1.42. The van der Waals surface area contributed by atoms with Gasteiger partial charge in [-0.2, -0.15) is 0 Å². The molecule has 0 radical (unpaired) electrons. The number of amides is 1. The quantitative estimate of drug-likeness (QED) is 0.790. The van der Waals surface area contributed by atoms with Crippen molar-refractivity contribution in [1.82, 2.24) is 5.32 Å². The summed E-state index contributed by atoms with van der Waals surface area (Å²) in [6.07, 6.45) is 0.378. The Kier molecular flexibility index (Phi) is 4.24. The highest BCUT2D eigenvalue weighted by molar-refractivity contribution is 5.73. The third-order valence-corrected chi connectivity index (χ3v) is 2.05. The molecular weight excluding hydrogens is 197 g/mol. The normalized spacial score (nSPS) is 12.2. The minimum atomic E-state index is -0.346. The van der Waals surface area contributed by atoms with Gasteiger partial charge < -0.3 is 10.4 Å². The lowest BCUT2D eigenvalue weighted by molar-refractivity contribution is -0.119. The summed E-state index contributed by atoms with van der Waals surface area (Å²) in [6.45, 7) is 1.34. The summed E-state index contributed by atoms with van der Waals surface area (Å²) in [5.41, 5.74) is 0.666. The van der Waals surface area contributed by atoms with Gasteiger partial charge in [-0.05, 0) is 24.1 Å². The Morgan fingerprint density at radius 1 is 1.60 bits per heavy atom. The van der Waals surface area contributed by atoms with Crippen molar-refractivity contribution in [3.8, 4) is 0 Å². The van der Waals surface area contributed by atoms with Crippen LogP contribution in [-0.4, -0.2) is 17.6 Å². The van der Waals surface area contributed by atoms with E-state index in [-0.39, 0.29) is 24.4 Å². The smallest absolute Gasteiger partial charge is 0.217 e. The molecule has 0 saturated heterocycles. The van der Waals surface area contributed by atoms with E-state index in [0.29, 0.717) is 12.0 Å². The molecule has 4 heteroatoms. The second-order valence-electron chi connectivity index (χ2n) is 3.32. The van der Waals surface area contributed by atoms with E-state index in [9.17, 15) is 9.18 Å². The lowest BCUT2D eigenvalue weighted by atomic mass is 10.0. The van der Waals surface area contributed by atoms with Crippen LogP contribution in [-0.2, 0) is 4.79 Å². The largest absolute Gasteiger partial charge is 0.396 e. The van der Waals surface area contributed by atoms with Gasteiger partial charge in [0.15, 0.2) is 0 Å². The predicted molar refractivity (Wildman–Crippen MR) is 54.7 cm³/mol. The Bertz CT molecular complexity index is 341. The van der Waals surface area contributed by atoms with Crippen molar-refractivity contribution in [1.29, 1.82) is 0 Å². The van der Waals surface area contributed by atoms with Crippen LogP contribution in [0.4, 0.5) is 4.39 Å². The summed E-state index contributed by atoms with van der Waals surface area (Å²) in [7, 11) is 0. The Labute approximate surface area is 87.9 Å². The molecule has 0 aliphatic carbocycles. The number of nitrogens with one attached hydrogen (secondary N) is 1. The Balaban J connectivity index is 2.83. The zero-order chi connectivity index (χ0) is 11.3. The molecule has 1 aromatic rings. The number of carbonyl (C=O) groups is 1. The number of rotatable bonds is 4. The molecule has 1 rings (SSSR count). The molecule has 0 fully saturated rings. The van der Waals surface area contributed by atoms with Crippen molar-refractivity contribution >= 4 is 5.91 Å². The van der Waals surface area contributed by atoms with Gasteiger partial charge in [0, 0.05) is 13.5 Å². The average Bonchev–Trinajstić information content (AvgIpc) is 2.16. The van der Waals surface area contributed by atoms with E-state index in [2.05, 4.69) is 5.32 Å². The summed E-state index contributed by atoms with van der Waals surface area (Å²) in [5, 5.41) is 11.5. The number of hydrogen-bond acceptors (Lipinski definition) is 2. The van der Waals surface area contributed by atoms with Crippen LogP contribution >= 0.6 is 0 Å². The minimum absolute atomic E-state index is 0.0541. The molecule has 0 heterocycles. The summed E-state index contributed by atoms with van der Waals surface area (Å²) < 4.78 is 12.9. The summed E-state index contributed by atoms with van der Waals surface area (Å²) >= 11 is 0. The lowest BCUT2D eigenvalue weighted by Gasteiger charge is -2.17. The molecule has 0 saturated carbocycles. The maximum atomic E-state index is 12.9. The second-order valence-corrected chi connectivity index (χ2v) is 3.32. The van der Waals surface area contributed by atoms with Crippen LogP contribution in [0.1, 0.15) is 24.9 Å². The lowest BCUT2D eigenvalue weighted by Crippen LogP contribution is -2.26. The third-order valence-electron chi connectivity index (χ3n) is 2.05. The van der Waals surface area contributed by atoms with Crippen molar-refractivity contribution in [3.63, 3.8) is 0 Å². The number of halogens is 1. The van der Waals surface area contributed by atoms with Crippen LogP contribution in [0.2, 0.25) is 0 Å². The molecule has 15 heavy (non-hydrogen) atoms. The molecule has 0 bridgehead atoms. The minimum Gasteiger partial charge on any atom is -0.396 e. The zero-order valence-electron chi connectivity index (χ0n) is 8.53. The number of carbonyl (C=O) groups excluding carboxylic acids is 1. The fourth-order valence-corrected chi connectivity index (χ4v) is 1.42. The molecule has 3 nitrogen and oxygen atoms in total. The van der Waals surface area contributed by atoms with Crippen molar-refractivity contribution in [2.45, 2.75) is 19.4 Å². The van der Waals surface area contributed by atoms with Crippen LogP contribution in [0, 0.1) is 5.82 Å². The number of hydrogen-bond donors (Lipinski definition) is 2. The van der Waals surface area contributed by atoms with Gasteiger partial charge in [-0.1, -0.05) is 12.1 Å². The van der Waals surface area contributed by atoms with Gasteiger partial charge in [-0.25, -0.2) is 4.39 Å². The van der Waals surface area contributed by atoms with Gasteiger partial charge in [-0.15, -0.1) is 0 Å². The first-order valence-corrected chi connectivity index (χ1v) is 4.77. The van der Waals surface area contributed by atoms with E-state index in [4.69, 9.17) is 5.11 Å². The van der Waals surface area contributed by atoms with E-state index in [1.54, 1.807) is 12.1 Å². The Morgan fingerprint density at radius 3 is 2.87 bits per heavy atom. The molecule has 1 aromatic carbocycles. The fourth-order valence-electron chi connectivity index (χ4n) is 1.42. The van der Waals surface area contributed by atoms with Crippen molar-refractivity contribution in [3.05, 3.63) is 35.6 Å². The molecular formula is C11H14FNO2. The van der Waals surface area contributed by atoms with Gasteiger partial charge in [0.1, 0.15) is 5.82 Å². The molecule has 0 spiro atoms.